The number of nitrogen functional groups attached to an aromatic ring is 1. The molecule has 0 atom stereocenters. The maximum Gasteiger partial charge on any atom is 0.152 e. The van der Waals surface area contributed by atoms with Crippen LogP contribution >= 0.6 is 0 Å². The predicted octanol–water partition coefficient (Wildman–Crippen LogP) is 4.27. The fourth-order valence-corrected chi connectivity index (χ4v) is 4.39. The largest absolute Gasteiger partial charge is 0.508 e. The molecule has 0 aliphatic heterocycles. The summed E-state index contributed by atoms with van der Waals surface area (Å²) in [5, 5.41) is 21.4. The molecular formula is C27H35N5O3. The highest BCUT2D eigenvalue weighted by Crippen LogP contribution is 2.32. The van der Waals surface area contributed by atoms with Gasteiger partial charge in [0, 0.05) is 30.6 Å². The summed E-state index contributed by atoms with van der Waals surface area (Å²) in [6.07, 6.45) is 5.49. The Morgan fingerprint density at radius 3 is 2.60 bits per heavy atom. The summed E-state index contributed by atoms with van der Waals surface area (Å²) in [6, 6.07) is 10.9. The molecule has 0 amide bonds. The zero-order valence-corrected chi connectivity index (χ0v) is 20.3. The molecule has 0 unspecified atom stereocenters. The van der Waals surface area contributed by atoms with Crippen molar-refractivity contribution in [3.05, 3.63) is 53.3 Å². The number of nitrogens with two attached hydrogens (primary N) is 2. The van der Waals surface area contributed by atoms with E-state index in [0.717, 1.165) is 60.8 Å². The summed E-state index contributed by atoms with van der Waals surface area (Å²) in [7, 11) is 0. The number of phenols is 2. The van der Waals surface area contributed by atoms with Gasteiger partial charge in [0.1, 0.15) is 22.8 Å². The minimum atomic E-state index is 0.111. The molecule has 0 fully saturated rings. The number of imidazole rings is 1. The van der Waals surface area contributed by atoms with Crippen molar-refractivity contribution in [1.82, 2.24) is 14.5 Å². The summed E-state index contributed by atoms with van der Waals surface area (Å²) >= 11 is 0. The fraction of sp³-hybridized carbons (Fsp3) is 0.407. The third-order valence-corrected chi connectivity index (χ3v) is 6.24. The number of anilines is 1. The maximum atomic E-state index is 10.4. The van der Waals surface area contributed by atoms with Gasteiger partial charge in [0.2, 0.25) is 0 Å². The van der Waals surface area contributed by atoms with E-state index in [1.807, 2.05) is 0 Å². The number of ether oxygens (including phenoxy) is 1. The molecule has 8 nitrogen and oxygen atoms in total. The maximum absolute atomic E-state index is 10.4. The monoisotopic (exact) mass is 477 g/mol. The number of phenolic OH excluding ortho intramolecular Hbond substituents is 2. The number of unbranched alkanes of at least 4 members (excludes halogenated alkanes) is 1. The summed E-state index contributed by atoms with van der Waals surface area (Å²) in [6.45, 7) is 4.56. The molecule has 8 heteroatoms. The molecular weight excluding hydrogens is 442 g/mol. The average molecular weight is 478 g/mol. The van der Waals surface area contributed by atoms with Gasteiger partial charge in [-0.15, -0.1) is 0 Å². The van der Waals surface area contributed by atoms with Crippen LogP contribution in [0, 0.1) is 0 Å². The molecule has 0 saturated heterocycles. The van der Waals surface area contributed by atoms with E-state index in [0.29, 0.717) is 43.2 Å². The summed E-state index contributed by atoms with van der Waals surface area (Å²) in [5.41, 5.74) is 16.1. The lowest BCUT2D eigenvalue weighted by atomic mass is 10.1. The molecule has 0 aliphatic carbocycles. The van der Waals surface area contributed by atoms with Crippen molar-refractivity contribution in [3.8, 4) is 11.5 Å². The summed E-state index contributed by atoms with van der Waals surface area (Å²) < 4.78 is 7.72. The molecule has 0 radical (unpaired) electrons. The standard InChI is InChI=1S/C27H35N5O3/c1-2-3-7-24-31-25-26(32(24)17-19-16-20(33)9-11-23(19)34)21-10-8-18(15-22(21)30-27(25)29)6-4-13-35-14-5-12-28/h8-11,15-16,33-34H,2-7,12-14,17,28H2,1H3,(H2,29,30). The van der Waals surface area contributed by atoms with Gasteiger partial charge in [-0.05, 0) is 62.1 Å². The Morgan fingerprint density at radius 2 is 1.80 bits per heavy atom. The third-order valence-electron chi connectivity index (χ3n) is 6.24. The topological polar surface area (TPSA) is 132 Å². The number of aryl methyl sites for hydroxylation is 2. The predicted molar refractivity (Wildman–Crippen MR) is 140 cm³/mol. The van der Waals surface area contributed by atoms with E-state index in [2.05, 4.69) is 34.7 Å². The molecule has 0 aliphatic rings. The van der Waals surface area contributed by atoms with Crippen molar-refractivity contribution >= 4 is 27.8 Å². The van der Waals surface area contributed by atoms with Crippen molar-refractivity contribution in [2.75, 3.05) is 25.5 Å². The Bertz CT molecular complexity index is 1300. The molecule has 0 saturated carbocycles. The first-order chi connectivity index (χ1) is 17.0. The number of nitrogens with zero attached hydrogens (tertiary/aromatic N) is 3. The van der Waals surface area contributed by atoms with Crippen molar-refractivity contribution in [2.45, 2.75) is 52.0 Å². The van der Waals surface area contributed by atoms with Crippen LogP contribution in [0.15, 0.2) is 36.4 Å². The molecule has 0 bridgehead atoms. The van der Waals surface area contributed by atoms with Gasteiger partial charge in [-0.25, -0.2) is 9.97 Å². The van der Waals surface area contributed by atoms with Gasteiger partial charge >= 0.3 is 0 Å². The van der Waals surface area contributed by atoms with Crippen LogP contribution in [-0.4, -0.2) is 44.5 Å². The van der Waals surface area contributed by atoms with Gasteiger partial charge in [0.25, 0.3) is 0 Å². The number of pyridine rings is 1. The van der Waals surface area contributed by atoms with Crippen LogP contribution in [0.1, 0.15) is 49.6 Å². The molecule has 6 N–H and O–H groups in total. The van der Waals surface area contributed by atoms with Crippen LogP contribution in [-0.2, 0) is 24.1 Å². The zero-order chi connectivity index (χ0) is 24.8. The fourth-order valence-electron chi connectivity index (χ4n) is 4.39. The smallest absolute Gasteiger partial charge is 0.152 e. The van der Waals surface area contributed by atoms with Gasteiger partial charge in [-0.1, -0.05) is 25.5 Å². The molecule has 2 aromatic heterocycles. The van der Waals surface area contributed by atoms with Crippen molar-refractivity contribution in [3.63, 3.8) is 0 Å². The van der Waals surface area contributed by atoms with Crippen LogP contribution in [0.5, 0.6) is 11.5 Å². The van der Waals surface area contributed by atoms with Crippen molar-refractivity contribution in [2.24, 2.45) is 5.73 Å². The lowest BCUT2D eigenvalue weighted by molar-refractivity contribution is 0.131. The van der Waals surface area contributed by atoms with Crippen LogP contribution < -0.4 is 11.5 Å². The lowest BCUT2D eigenvalue weighted by Gasteiger charge is -2.13. The van der Waals surface area contributed by atoms with E-state index in [9.17, 15) is 10.2 Å². The summed E-state index contributed by atoms with van der Waals surface area (Å²) in [5.74, 6) is 1.53. The molecule has 35 heavy (non-hydrogen) atoms. The van der Waals surface area contributed by atoms with E-state index in [1.165, 1.54) is 17.7 Å². The second-order valence-electron chi connectivity index (χ2n) is 8.93. The molecule has 4 aromatic rings. The number of hydrogen-bond donors (Lipinski definition) is 4. The van der Waals surface area contributed by atoms with Crippen LogP contribution in [0.4, 0.5) is 5.82 Å². The summed E-state index contributed by atoms with van der Waals surface area (Å²) in [4.78, 5) is 9.54. The minimum absolute atomic E-state index is 0.111. The Labute approximate surface area is 205 Å². The third kappa shape index (κ3) is 5.66. The molecule has 2 heterocycles. The van der Waals surface area contributed by atoms with Gasteiger partial charge in [0.05, 0.1) is 17.6 Å². The number of fused-ring (bicyclic) bond motifs is 3. The molecule has 0 spiro atoms. The number of benzene rings is 2. The lowest BCUT2D eigenvalue weighted by Crippen LogP contribution is -2.06. The SMILES string of the molecule is CCCCc1nc2c(N)nc3cc(CCCOCCCN)ccc3c2n1Cc1cc(O)ccc1O. The second kappa shape index (κ2) is 11.4. The van der Waals surface area contributed by atoms with E-state index in [4.69, 9.17) is 21.2 Å². The Morgan fingerprint density at radius 1 is 0.971 bits per heavy atom. The number of aromatic nitrogens is 3. The number of rotatable bonds is 12. The van der Waals surface area contributed by atoms with E-state index >= 15 is 0 Å². The normalized spacial score (nSPS) is 11.6. The Kier molecular flexibility index (Phi) is 8.05. The highest BCUT2D eigenvalue weighted by atomic mass is 16.5. The molecule has 4 rings (SSSR count). The average Bonchev–Trinajstić information content (AvgIpc) is 3.21. The second-order valence-corrected chi connectivity index (χ2v) is 8.93. The highest BCUT2D eigenvalue weighted by molar-refractivity contribution is 6.06. The van der Waals surface area contributed by atoms with Gasteiger partial charge < -0.3 is 31.0 Å². The van der Waals surface area contributed by atoms with E-state index < -0.39 is 0 Å². The van der Waals surface area contributed by atoms with Gasteiger partial charge in [0.15, 0.2) is 5.82 Å². The van der Waals surface area contributed by atoms with E-state index in [-0.39, 0.29) is 11.5 Å². The van der Waals surface area contributed by atoms with Crippen LogP contribution in [0.3, 0.4) is 0 Å². The number of aromatic hydroxyl groups is 2. The first-order valence-corrected chi connectivity index (χ1v) is 12.4. The van der Waals surface area contributed by atoms with E-state index in [1.54, 1.807) is 6.07 Å². The first-order valence-electron chi connectivity index (χ1n) is 12.4. The van der Waals surface area contributed by atoms with Gasteiger partial charge in [-0.2, -0.15) is 0 Å². The van der Waals surface area contributed by atoms with Crippen LogP contribution in [0.25, 0.3) is 21.9 Å². The number of hydrogen-bond acceptors (Lipinski definition) is 7. The van der Waals surface area contributed by atoms with Crippen LogP contribution in [0.2, 0.25) is 0 Å². The quantitative estimate of drug-likeness (QED) is 0.177. The van der Waals surface area contributed by atoms with Crippen molar-refractivity contribution in [1.29, 1.82) is 0 Å². The molecule has 2 aromatic carbocycles. The zero-order valence-electron chi connectivity index (χ0n) is 20.3. The highest BCUT2D eigenvalue weighted by Gasteiger charge is 2.19. The first kappa shape index (κ1) is 24.8. The van der Waals surface area contributed by atoms with Crippen molar-refractivity contribution < 1.29 is 14.9 Å². The molecule has 186 valence electrons. The Hall–Kier alpha value is -3.36. The van der Waals surface area contributed by atoms with Gasteiger partial charge in [-0.3, -0.25) is 0 Å². The Balaban J connectivity index is 1.72. The minimum Gasteiger partial charge on any atom is -0.508 e.